The molecule has 0 radical (unpaired) electrons. The first-order valence-electron chi connectivity index (χ1n) is 9.14. The lowest BCUT2D eigenvalue weighted by Crippen LogP contribution is -2.24. The molecule has 2 aromatic heterocycles. The molecule has 0 saturated carbocycles. The number of thiazole rings is 1. The van der Waals surface area contributed by atoms with Gasteiger partial charge in [-0.05, 0) is 42.8 Å². The van der Waals surface area contributed by atoms with Gasteiger partial charge < -0.3 is 5.32 Å². The lowest BCUT2D eigenvalue weighted by molar-refractivity contribution is -0.117. The molecule has 0 aliphatic carbocycles. The largest absolute Gasteiger partial charge is 0.344 e. The van der Waals surface area contributed by atoms with Gasteiger partial charge in [-0.2, -0.15) is 0 Å². The Morgan fingerprint density at radius 3 is 2.43 bits per heavy atom. The fourth-order valence-corrected chi connectivity index (χ4v) is 4.34. The molecule has 30 heavy (non-hydrogen) atoms. The number of aromatic nitrogens is 2. The first kappa shape index (κ1) is 21.8. The lowest BCUT2D eigenvalue weighted by atomic mass is 10.2. The summed E-state index contributed by atoms with van der Waals surface area (Å²) in [6.07, 6.45) is 6.49. The summed E-state index contributed by atoms with van der Waals surface area (Å²) in [6.45, 7) is 1.88. The quantitative estimate of drug-likeness (QED) is 0.567. The molecule has 0 aliphatic rings. The smallest absolute Gasteiger partial charge is 0.244 e. The van der Waals surface area contributed by atoms with E-state index in [9.17, 15) is 13.2 Å². The van der Waals surface area contributed by atoms with Crippen LogP contribution >= 0.6 is 11.3 Å². The number of rotatable bonds is 7. The number of hydrogen-bond acceptors (Lipinski definition) is 6. The second kappa shape index (κ2) is 9.29. The summed E-state index contributed by atoms with van der Waals surface area (Å²) in [7, 11) is -0.502. The van der Waals surface area contributed by atoms with Crippen LogP contribution in [0.15, 0.2) is 65.1 Å². The van der Waals surface area contributed by atoms with Crippen LogP contribution in [-0.2, 0) is 14.8 Å². The molecule has 0 spiro atoms. The lowest BCUT2D eigenvalue weighted by Gasteiger charge is -2.11. The monoisotopic (exact) mass is 442 g/mol. The molecule has 1 aromatic carbocycles. The summed E-state index contributed by atoms with van der Waals surface area (Å²) in [4.78, 5) is 21.1. The van der Waals surface area contributed by atoms with Crippen LogP contribution in [0, 0.1) is 0 Å². The Labute approximate surface area is 180 Å². The molecule has 0 aliphatic heterocycles. The van der Waals surface area contributed by atoms with E-state index in [2.05, 4.69) is 15.3 Å². The number of hydrogen-bond donors (Lipinski definition) is 1. The van der Waals surface area contributed by atoms with E-state index in [-0.39, 0.29) is 16.8 Å². The highest BCUT2D eigenvalue weighted by Crippen LogP contribution is 2.25. The van der Waals surface area contributed by atoms with Crippen LogP contribution in [0.2, 0.25) is 0 Å². The Balaban J connectivity index is 1.61. The molecule has 3 rings (SSSR count). The van der Waals surface area contributed by atoms with Crippen molar-refractivity contribution in [1.82, 2.24) is 19.6 Å². The zero-order valence-corrected chi connectivity index (χ0v) is 18.4. The van der Waals surface area contributed by atoms with Crippen LogP contribution in [0.4, 0.5) is 0 Å². The fraction of sp³-hybridized carbons (Fsp3) is 0.190. The molecule has 1 N–H and O–H groups in total. The highest BCUT2D eigenvalue weighted by atomic mass is 32.2. The van der Waals surface area contributed by atoms with Gasteiger partial charge in [-0.25, -0.2) is 17.7 Å². The average molecular weight is 443 g/mol. The van der Waals surface area contributed by atoms with Gasteiger partial charge >= 0.3 is 0 Å². The van der Waals surface area contributed by atoms with E-state index in [1.807, 2.05) is 24.4 Å². The standard InChI is InChI=1S/C21H22N4O3S2/c1-15(21-24-19(14-29-21)17-10-12-22-13-11-17)23-20(26)9-6-16-4-7-18(8-5-16)30(27,28)25(2)3/h4-15H,1-3H3,(H,23,26). The van der Waals surface area contributed by atoms with Crippen molar-refractivity contribution in [1.29, 1.82) is 0 Å². The van der Waals surface area contributed by atoms with Crippen molar-refractivity contribution < 1.29 is 13.2 Å². The Morgan fingerprint density at radius 1 is 1.13 bits per heavy atom. The van der Waals surface area contributed by atoms with Crippen LogP contribution in [0.1, 0.15) is 23.5 Å². The van der Waals surface area contributed by atoms with Crippen molar-refractivity contribution in [3.8, 4) is 11.3 Å². The summed E-state index contributed by atoms with van der Waals surface area (Å²) >= 11 is 1.48. The third kappa shape index (κ3) is 5.18. The molecular formula is C21H22N4O3S2. The number of amides is 1. The van der Waals surface area contributed by atoms with E-state index in [1.165, 1.54) is 43.6 Å². The van der Waals surface area contributed by atoms with Gasteiger partial charge in [0.25, 0.3) is 0 Å². The van der Waals surface area contributed by atoms with Gasteiger partial charge in [0.2, 0.25) is 15.9 Å². The van der Waals surface area contributed by atoms with Gasteiger partial charge in [0.15, 0.2) is 0 Å². The van der Waals surface area contributed by atoms with Crippen LogP contribution in [0.3, 0.4) is 0 Å². The fourth-order valence-electron chi connectivity index (χ4n) is 2.60. The zero-order chi connectivity index (χ0) is 21.7. The van der Waals surface area contributed by atoms with E-state index in [1.54, 1.807) is 30.6 Å². The molecule has 1 unspecified atom stereocenters. The third-order valence-electron chi connectivity index (χ3n) is 4.31. The van der Waals surface area contributed by atoms with E-state index < -0.39 is 10.0 Å². The van der Waals surface area contributed by atoms with E-state index in [0.717, 1.165) is 26.1 Å². The van der Waals surface area contributed by atoms with Crippen LogP contribution in [-0.4, -0.2) is 42.7 Å². The first-order valence-corrected chi connectivity index (χ1v) is 11.5. The SMILES string of the molecule is CC(NC(=O)C=Cc1ccc(S(=O)(=O)N(C)C)cc1)c1nc(-c2ccncc2)cs1. The maximum atomic E-state index is 12.3. The minimum atomic E-state index is -3.47. The second-order valence-electron chi connectivity index (χ2n) is 6.73. The molecule has 0 bridgehead atoms. The Bertz CT molecular complexity index is 1140. The number of nitrogens with one attached hydrogen (secondary N) is 1. The molecule has 2 heterocycles. The van der Waals surface area contributed by atoms with Crippen LogP contribution in [0.5, 0.6) is 0 Å². The molecule has 9 heteroatoms. The summed E-state index contributed by atoms with van der Waals surface area (Å²) in [5.41, 5.74) is 2.55. The summed E-state index contributed by atoms with van der Waals surface area (Å²) in [6, 6.07) is 9.89. The van der Waals surface area contributed by atoms with E-state index in [4.69, 9.17) is 0 Å². The van der Waals surface area contributed by atoms with Crippen molar-refractivity contribution in [2.24, 2.45) is 0 Å². The number of carbonyl (C=O) groups is 1. The second-order valence-corrected chi connectivity index (χ2v) is 9.77. The van der Waals surface area contributed by atoms with Crippen molar-refractivity contribution in [2.75, 3.05) is 14.1 Å². The zero-order valence-electron chi connectivity index (χ0n) is 16.8. The van der Waals surface area contributed by atoms with Crippen molar-refractivity contribution in [2.45, 2.75) is 17.9 Å². The van der Waals surface area contributed by atoms with Gasteiger partial charge in [-0.1, -0.05) is 12.1 Å². The number of carbonyl (C=O) groups excluding carboxylic acids is 1. The molecule has 1 atom stereocenters. The third-order valence-corrected chi connectivity index (χ3v) is 7.17. The Morgan fingerprint density at radius 2 is 1.80 bits per heavy atom. The van der Waals surface area contributed by atoms with Gasteiger partial charge in [0.1, 0.15) is 5.01 Å². The molecular weight excluding hydrogens is 420 g/mol. The predicted octanol–water partition coefficient (Wildman–Crippen LogP) is 3.35. The summed E-state index contributed by atoms with van der Waals surface area (Å²) in [5, 5.41) is 5.65. The van der Waals surface area contributed by atoms with Crippen LogP contribution < -0.4 is 5.32 Å². The maximum absolute atomic E-state index is 12.3. The molecule has 156 valence electrons. The molecule has 7 nitrogen and oxygen atoms in total. The molecule has 0 fully saturated rings. The normalized spacial score (nSPS) is 12.9. The minimum absolute atomic E-state index is 0.205. The van der Waals surface area contributed by atoms with E-state index in [0.29, 0.717) is 0 Å². The minimum Gasteiger partial charge on any atom is -0.344 e. The highest BCUT2D eigenvalue weighted by Gasteiger charge is 2.16. The van der Waals surface area contributed by atoms with Crippen molar-refractivity contribution >= 4 is 33.3 Å². The molecule has 3 aromatic rings. The summed E-state index contributed by atoms with van der Waals surface area (Å²) < 4.78 is 25.3. The topological polar surface area (TPSA) is 92.3 Å². The van der Waals surface area contributed by atoms with Gasteiger partial charge in [-0.3, -0.25) is 9.78 Å². The van der Waals surface area contributed by atoms with Gasteiger partial charge in [0, 0.05) is 43.5 Å². The van der Waals surface area contributed by atoms with E-state index >= 15 is 0 Å². The average Bonchev–Trinajstić information content (AvgIpc) is 3.23. The highest BCUT2D eigenvalue weighted by molar-refractivity contribution is 7.89. The summed E-state index contributed by atoms with van der Waals surface area (Å²) in [5.74, 6) is -0.256. The van der Waals surface area contributed by atoms with Crippen molar-refractivity contribution in [3.63, 3.8) is 0 Å². The molecule has 0 saturated heterocycles. The van der Waals surface area contributed by atoms with Gasteiger partial charge in [0.05, 0.1) is 16.6 Å². The Hall–Kier alpha value is -2.88. The number of pyridine rings is 1. The van der Waals surface area contributed by atoms with Crippen molar-refractivity contribution in [3.05, 3.63) is 70.8 Å². The number of benzene rings is 1. The maximum Gasteiger partial charge on any atom is 0.244 e. The number of sulfonamides is 1. The Kier molecular flexibility index (Phi) is 6.76. The number of nitrogens with zero attached hydrogens (tertiary/aromatic N) is 3. The van der Waals surface area contributed by atoms with Gasteiger partial charge in [-0.15, -0.1) is 11.3 Å². The first-order chi connectivity index (χ1) is 14.3. The van der Waals surface area contributed by atoms with Crippen LogP contribution in [0.25, 0.3) is 17.3 Å². The predicted molar refractivity (Wildman–Crippen MR) is 118 cm³/mol. The molecule has 1 amide bonds.